The lowest BCUT2D eigenvalue weighted by molar-refractivity contribution is -0.458. The molecule has 8 heteroatoms. The number of rotatable bonds is 5. The van der Waals surface area contributed by atoms with E-state index >= 15 is 0 Å². The summed E-state index contributed by atoms with van der Waals surface area (Å²) in [6.45, 7) is 4.40. The van der Waals surface area contributed by atoms with E-state index in [0.29, 0.717) is 17.4 Å². The van der Waals surface area contributed by atoms with Crippen LogP contribution < -0.4 is 0 Å². The SMILES string of the molecule is Cc1ccc(-c2noc(C[N+]3=C4C=CSC4C(=O)N(Cc4ccccc4)C3=O)n2)cc1C. The number of carbonyl (C=O) groups is 2. The zero-order valence-corrected chi connectivity index (χ0v) is 18.5. The van der Waals surface area contributed by atoms with Crippen LogP contribution in [-0.4, -0.2) is 42.5 Å². The Hall–Kier alpha value is -3.52. The van der Waals surface area contributed by atoms with Crippen molar-refractivity contribution in [3.8, 4) is 11.4 Å². The van der Waals surface area contributed by atoms with E-state index in [2.05, 4.69) is 10.1 Å². The maximum atomic E-state index is 13.3. The lowest BCUT2D eigenvalue weighted by Gasteiger charge is -2.23. The molecule has 3 amide bonds. The third kappa shape index (κ3) is 3.67. The number of urea groups is 1. The van der Waals surface area contributed by atoms with Gasteiger partial charge in [-0.3, -0.25) is 0 Å². The quantitative estimate of drug-likeness (QED) is 0.550. The Balaban J connectivity index is 1.44. The second-order valence-corrected chi connectivity index (χ2v) is 8.85. The predicted octanol–water partition coefficient (Wildman–Crippen LogP) is 4.10. The lowest BCUT2D eigenvalue weighted by Crippen LogP contribution is -2.54. The second kappa shape index (κ2) is 8.20. The highest BCUT2D eigenvalue weighted by atomic mass is 32.2. The van der Waals surface area contributed by atoms with Crippen LogP contribution in [-0.2, 0) is 17.9 Å². The molecule has 0 saturated carbocycles. The van der Waals surface area contributed by atoms with Crippen molar-refractivity contribution in [2.45, 2.75) is 32.2 Å². The monoisotopic (exact) mass is 445 g/mol. The van der Waals surface area contributed by atoms with Crippen LogP contribution in [0.25, 0.3) is 11.4 Å². The molecule has 160 valence electrons. The average Bonchev–Trinajstić information content (AvgIpc) is 3.47. The first-order valence-electron chi connectivity index (χ1n) is 10.3. The maximum Gasteiger partial charge on any atom is 0.501 e. The third-order valence-electron chi connectivity index (χ3n) is 5.70. The Morgan fingerprint density at radius 2 is 1.91 bits per heavy atom. The Bertz CT molecular complexity index is 1280. The summed E-state index contributed by atoms with van der Waals surface area (Å²) in [7, 11) is 0. The average molecular weight is 446 g/mol. The molecule has 0 fully saturated rings. The summed E-state index contributed by atoms with van der Waals surface area (Å²) in [6, 6.07) is 15.1. The number of thioether (sulfide) groups is 1. The first-order chi connectivity index (χ1) is 15.5. The number of aryl methyl sites for hydroxylation is 2. The van der Waals surface area contributed by atoms with Gasteiger partial charge >= 0.3 is 11.9 Å². The fourth-order valence-electron chi connectivity index (χ4n) is 3.78. The molecule has 2 aromatic carbocycles. The molecule has 0 N–H and O–H groups in total. The van der Waals surface area contributed by atoms with E-state index in [-0.39, 0.29) is 25.0 Å². The van der Waals surface area contributed by atoms with Gasteiger partial charge in [0, 0.05) is 5.56 Å². The Kier molecular flexibility index (Phi) is 5.22. The summed E-state index contributed by atoms with van der Waals surface area (Å²) in [4.78, 5) is 32.1. The smallest absolute Gasteiger partial charge is 0.335 e. The Labute approximate surface area is 189 Å². The number of allylic oxidation sites excluding steroid dienone is 1. The van der Waals surface area contributed by atoms with E-state index in [1.54, 1.807) is 4.58 Å². The number of imide groups is 1. The number of aromatic nitrogens is 2. The zero-order chi connectivity index (χ0) is 22.2. The molecule has 0 bridgehead atoms. The molecule has 3 heterocycles. The van der Waals surface area contributed by atoms with Crippen molar-refractivity contribution < 1.29 is 18.7 Å². The molecule has 0 spiro atoms. The van der Waals surface area contributed by atoms with Crippen LogP contribution in [0.1, 0.15) is 22.6 Å². The van der Waals surface area contributed by atoms with Crippen LogP contribution in [0, 0.1) is 13.8 Å². The van der Waals surface area contributed by atoms with Crippen molar-refractivity contribution in [2.75, 3.05) is 0 Å². The van der Waals surface area contributed by atoms with Crippen LogP contribution >= 0.6 is 11.8 Å². The number of fused-ring (bicyclic) bond motifs is 1. The first-order valence-corrected chi connectivity index (χ1v) is 11.2. The first kappa shape index (κ1) is 20.4. The largest absolute Gasteiger partial charge is 0.501 e. The normalized spacial score (nSPS) is 17.9. The van der Waals surface area contributed by atoms with Gasteiger partial charge in [-0.2, -0.15) is 19.3 Å². The van der Waals surface area contributed by atoms with Crippen molar-refractivity contribution in [1.82, 2.24) is 15.0 Å². The number of amides is 3. The molecular weight excluding hydrogens is 424 g/mol. The molecule has 0 saturated heterocycles. The summed E-state index contributed by atoms with van der Waals surface area (Å²) < 4.78 is 7.03. The van der Waals surface area contributed by atoms with E-state index < -0.39 is 5.25 Å². The number of carbonyl (C=O) groups excluding carboxylic acids is 2. The van der Waals surface area contributed by atoms with Crippen LogP contribution in [0.3, 0.4) is 0 Å². The highest BCUT2D eigenvalue weighted by Gasteiger charge is 2.49. The van der Waals surface area contributed by atoms with E-state index in [0.717, 1.165) is 16.7 Å². The molecule has 7 nitrogen and oxygen atoms in total. The van der Waals surface area contributed by atoms with Crippen LogP contribution in [0.2, 0.25) is 0 Å². The van der Waals surface area contributed by atoms with Gasteiger partial charge in [0.1, 0.15) is 12.3 Å². The molecule has 0 radical (unpaired) electrons. The van der Waals surface area contributed by atoms with Gasteiger partial charge in [-0.05, 0) is 48.1 Å². The van der Waals surface area contributed by atoms with Crippen molar-refractivity contribution in [3.05, 3.63) is 82.6 Å². The van der Waals surface area contributed by atoms with Crippen LogP contribution in [0.5, 0.6) is 0 Å². The van der Waals surface area contributed by atoms with E-state index in [1.165, 1.54) is 22.2 Å². The molecule has 1 atom stereocenters. The van der Waals surface area contributed by atoms with Gasteiger partial charge in [0.2, 0.25) is 5.82 Å². The van der Waals surface area contributed by atoms with Crippen molar-refractivity contribution in [1.29, 1.82) is 0 Å². The molecule has 1 unspecified atom stereocenters. The minimum absolute atomic E-state index is 0.103. The molecular formula is C24H21N4O3S+. The van der Waals surface area contributed by atoms with Gasteiger partial charge in [0.05, 0.1) is 0 Å². The van der Waals surface area contributed by atoms with Gasteiger partial charge in [-0.15, -0.1) is 11.8 Å². The minimum Gasteiger partial charge on any atom is -0.335 e. The number of benzene rings is 2. The molecule has 0 aliphatic carbocycles. The Morgan fingerprint density at radius 1 is 1.09 bits per heavy atom. The minimum atomic E-state index is -0.446. The van der Waals surface area contributed by atoms with Crippen molar-refractivity contribution in [3.63, 3.8) is 0 Å². The summed E-state index contributed by atoms with van der Waals surface area (Å²) in [5.74, 6) is 0.584. The van der Waals surface area contributed by atoms with E-state index in [9.17, 15) is 9.59 Å². The summed E-state index contributed by atoms with van der Waals surface area (Å²) in [5, 5.41) is 5.50. The Morgan fingerprint density at radius 3 is 2.69 bits per heavy atom. The molecule has 1 aromatic heterocycles. The van der Waals surface area contributed by atoms with Gasteiger partial charge in [-0.25, -0.2) is 4.79 Å². The lowest BCUT2D eigenvalue weighted by atomic mass is 10.1. The number of hydrogen-bond acceptors (Lipinski definition) is 6. The summed E-state index contributed by atoms with van der Waals surface area (Å²) in [5.41, 5.74) is 4.73. The number of hydrogen-bond donors (Lipinski definition) is 0. The third-order valence-corrected chi connectivity index (χ3v) is 6.70. The zero-order valence-electron chi connectivity index (χ0n) is 17.7. The fraction of sp³-hybridized carbons (Fsp3) is 0.208. The topological polar surface area (TPSA) is 79.3 Å². The highest BCUT2D eigenvalue weighted by molar-refractivity contribution is 8.04. The van der Waals surface area contributed by atoms with Gasteiger partial charge in [-0.1, -0.05) is 47.6 Å². The standard InChI is InChI=1S/C24H21N4O3S/c1-15-8-9-18(12-16(15)2)22-25-20(31-26-22)14-27-19-10-11-32-21(19)23(29)28(24(27)30)13-17-6-4-3-5-7-17/h3-12,21H,13-14H2,1-2H3/q+1. The molecule has 2 aliphatic heterocycles. The van der Waals surface area contributed by atoms with Gasteiger partial charge < -0.3 is 4.52 Å². The molecule has 32 heavy (non-hydrogen) atoms. The van der Waals surface area contributed by atoms with E-state index in [4.69, 9.17) is 4.52 Å². The number of nitrogens with zero attached hydrogens (tertiary/aromatic N) is 4. The highest BCUT2D eigenvalue weighted by Crippen LogP contribution is 2.29. The fourth-order valence-corrected chi connectivity index (χ4v) is 4.74. The van der Waals surface area contributed by atoms with Gasteiger partial charge in [0.15, 0.2) is 11.8 Å². The van der Waals surface area contributed by atoms with Crippen molar-refractivity contribution in [2.24, 2.45) is 0 Å². The predicted molar refractivity (Wildman–Crippen MR) is 121 cm³/mol. The molecule has 2 aliphatic rings. The maximum absolute atomic E-state index is 13.3. The second-order valence-electron chi connectivity index (χ2n) is 7.83. The van der Waals surface area contributed by atoms with Gasteiger partial charge in [0.25, 0.3) is 5.89 Å². The van der Waals surface area contributed by atoms with E-state index in [1.807, 2.05) is 73.9 Å². The summed E-state index contributed by atoms with van der Waals surface area (Å²) in [6.07, 6.45) is 1.81. The molecule has 3 aromatic rings. The summed E-state index contributed by atoms with van der Waals surface area (Å²) >= 11 is 1.40. The van der Waals surface area contributed by atoms with Crippen LogP contribution in [0.15, 0.2) is 64.5 Å². The van der Waals surface area contributed by atoms with Crippen LogP contribution in [0.4, 0.5) is 4.79 Å². The molecule has 5 rings (SSSR count). The van der Waals surface area contributed by atoms with Crippen molar-refractivity contribution >= 4 is 29.4 Å².